The van der Waals surface area contributed by atoms with Crippen LogP contribution in [0.15, 0.2) is 24.3 Å². The van der Waals surface area contributed by atoms with Gasteiger partial charge in [0.25, 0.3) is 0 Å². The zero-order chi connectivity index (χ0) is 15.8. The number of methoxy groups -OCH3 is 1. The van der Waals surface area contributed by atoms with Crippen molar-refractivity contribution in [1.29, 1.82) is 0 Å². The molecule has 0 aromatic heterocycles. The van der Waals surface area contributed by atoms with Gasteiger partial charge in [0, 0.05) is 18.8 Å². The molecular weight excluding hydrogens is 270 g/mol. The van der Waals surface area contributed by atoms with Gasteiger partial charge in [-0.25, -0.2) is 4.79 Å². The molecule has 1 rings (SSSR count). The number of likely N-dealkylation sites (N-methyl/N-ethyl adjacent to an activating group) is 1. The summed E-state index contributed by atoms with van der Waals surface area (Å²) in [5, 5.41) is 6.07. The fraction of sp³-hybridized carbons (Fsp3) is 0.467. The number of anilines is 1. The van der Waals surface area contributed by atoms with Gasteiger partial charge in [-0.3, -0.25) is 4.79 Å². The van der Waals surface area contributed by atoms with Crippen LogP contribution in [0.1, 0.15) is 25.5 Å². The number of esters is 1. The van der Waals surface area contributed by atoms with E-state index in [4.69, 9.17) is 0 Å². The number of carbonyl (C=O) groups excluding carboxylic acids is 2. The standard InChI is InChI=1S/C15H23N3O3/c1-5-16-11(2)12-7-6-8-13(9-12)17-15(20)18(3)10-14(19)21-4/h6-9,11,16H,5,10H2,1-4H3,(H,17,20). The van der Waals surface area contributed by atoms with Crippen LogP contribution in [0, 0.1) is 0 Å². The van der Waals surface area contributed by atoms with Gasteiger partial charge < -0.3 is 20.3 Å². The topological polar surface area (TPSA) is 70.7 Å². The van der Waals surface area contributed by atoms with Gasteiger partial charge in [-0.1, -0.05) is 19.1 Å². The van der Waals surface area contributed by atoms with E-state index < -0.39 is 5.97 Å². The quantitative estimate of drug-likeness (QED) is 0.787. The Morgan fingerprint density at radius 2 is 2.10 bits per heavy atom. The molecule has 1 unspecified atom stereocenters. The largest absolute Gasteiger partial charge is 0.468 e. The molecule has 0 aliphatic heterocycles. The van der Waals surface area contributed by atoms with Crippen LogP contribution in [0.4, 0.5) is 10.5 Å². The molecule has 2 amide bonds. The Kier molecular flexibility index (Phi) is 6.68. The van der Waals surface area contributed by atoms with Crippen molar-refractivity contribution in [1.82, 2.24) is 10.2 Å². The lowest BCUT2D eigenvalue weighted by molar-refractivity contribution is -0.140. The summed E-state index contributed by atoms with van der Waals surface area (Å²) in [6.07, 6.45) is 0. The first-order valence-electron chi connectivity index (χ1n) is 6.90. The fourth-order valence-electron chi connectivity index (χ4n) is 1.86. The molecule has 0 spiro atoms. The van der Waals surface area contributed by atoms with Crippen LogP contribution >= 0.6 is 0 Å². The highest BCUT2D eigenvalue weighted by molar-refractivity contribution is 5.91. The van der Waals surface area contributed by atoms with E-state index in [1.165, 1.54) is 19.1 Å². The van der Waals surface area contributed by atoms with Gasteiger partial charge in [0.2, 0.25) is 0 Å². The van der Waals surface area contributed by atoms with Gasteiger partial charge in [0.05, 0.1) is 7.11 Å². The Hall–Kier alpha value is -2.08. The van der Waals surface area contributed by atoms with Crippen LogP contribution in [0.2, 0.25) is 0 Å². The molecule has 0 radical (unpaired) electrons. The first kappa shape index (κ1) is 17.0. The molecule has 6 nitrogen and oxygen atoms in total. The van der Waals surface area contributed by atoms with E-state index in [9.17, 15) is 9.59 Å². The molecule has 0 aliphatic carbocycles. The highest BCUT2D eigenvalue weighted by Crippen LogP contribution is 2.17. The minimum atomic E-state index is -0.456. The number of nitrogens with zero attached hydrogens (tertiary/aromatic N) is 1. The SMILES string of the molecule is CCNC(C)c1cccc(NC(=O)N(C)CC(=O)OC)c1. The van der Waals surface area contributed by atoms with Crippen LogP contribution in [-0.2, 0) is 9.53 Å². The van der Waals surface area contributed by atoms with Crippen LogP contribution in [-0.4, -0.2) is 44.1 Å². The van der Waals surface area contributed by atoms with Crippen molar-refractivity contribution in [3.05, 3.63) is 29.8 Å². The maximum absolute atomic E-state index is 12.0. The summed E-state index contributed by atoms with van der Waals surface area (Å²) in [5.41, 5.74) is 1.78. The predicted molar refractivity (Wildman–Crippen MR) is 82.2 cm³/mol. The van der Waals surface area contributed by atoms with E-state index >= 15 is 0 Å². The van der Waals surface area contributed by atoms with E-state index in [1.807, 2.05) is 31.2 Å². The molecule has 116 valence electrons. The van der Waals surface area contributed by atoms with Crippen molar-refractivity contribution in [2.75, 3.05) is 32.6 Å². The summed E-state index contributed by atoms with van der Waals surface area (Å²) >= 11 is 0. The average Bonchev–Trinajstić information content (AvgIpc) is 2.47. The Morgan fingerprint density at radius 1 is 1.38 bits per heavy atom. The summed E-state index contributed by atoms with van der Waals surface area (Å²) in [6.45, 7) is 4.90. The predicted octanol–water partition coefficient (Wildman–Crippen LogP) is 1.99. The van der Waals surface area contributed by atoms with Crippen molar-refractivity contribution >= 4 is 17.7 Å². The molecule has 0 fully saturated rings. The van der Waals surface area contributed by atoms with Gasteiger partial charge in [-0.2, -0.15) is 0 Å². The monoisotopic (exact) mass is 293 g/mol. The highest BCUT2D eigenvalue weighted by Gasteiger charge is 2.13. The zero-order valence-corrected chi connectivity index (χ0v) is 13.0. The fourth-order valence-corrected chi connectivity index (χ4v) is 1.86. The Morgan fingerprint density at radius 3 is 2.71 bits per heavy atom. The number of benzene rings is 1. The van der Waals surface area contributed by atoms with Crippen molar-refractivity contribution in [3.63, 3.8) is 0 Å². The maximum atomic E-state index is 12.0. The van der Waals surface area contributed by atoms with Gasteiger partial charge in [-0.05, 0) is 31.2 Å². The van der Waals surface area contributed by atoms with Gasteiger partial charge >= 0.3 is 12.0 Å². The van der Waals surface area contributed by atoms with Gasteiger partial charge in [-0.15, -0.1) is 0 Å². The summed E-state index contributed by atoms with van der Waals surface area (Å²) in [7, 11) is 2.83. The average molecular weight is 293 g/mol. The van der Waals surface area contributed by atoms with Gasteiger partial charge in [0.1, 0.15) is 6.54 Å². The molecule has 1 atom stereocenters. The van der Waals surface area contributed by atoms with Crippen molar-refractivity contribution in [3.8, 4) is 0 Å². The maximum Gasteiger partial charge on any atom is 0.325 e. The number of amides is 2. The lowest BCUT2D eigenvalue weighted by atomic mass is 10.1. The normalized spacial score (nSPS) is 11.6. The summed E-state index contributed by atoms with van der Waals surface area (Å²) < 4.78 is 4.53. The number of nitrogens with one attached hydrogen (secondary N) is 2. The molecule has 0 heterocycles. The number of urea groups is 1. The lowest BCUT2D eigenvalue weighted by Gasteiger charge is -2.18. The molecule has 0 saturated carbocycles. The zero-order valence-electron chi connectivity index (χ0n) is 13.0. The molecule has 0 bridgehead atoms. The Balaban J connectivity index is 2.68. The number of ether oxygens (including phenoxy) is 1. The molecule has 1 aromatic rings. The first-order valence-corrected chi connectivity index (χ1v) is 6.90. The van der Waals surface area contributed by atoms with E-state index in [-0.39, 0.29) is 18.6 Å². The van der Waals surface area contributed by atoms with E-state index in [1.54, 1.807) is 0 Å². The molecule has 1 aromatic carbocycles. The van der Waals surface area contributed by atoms with Crippen LogP contribution < -0.4 is 10.6 Å². The second-order valence-corrected chi connectivity index (χ2v) is 4.77. The van der Waals surface area contributed by atoms with E-state index in [0.29, 0.717) is 5.69 Å². The molecule has 0 aliphatic rings. The lowest BCUT2D eigenvalue weighted by Crippen LogP contribution is -2.36. The van der Waals surface area contributed by atoms with Crippen LogP contribution in [0.5, 0.6) is 0 Å². The van der Waals surface area contributed by atoms with Crippen molar-refractivity contribution < 1.29 is 14.3 Å². The second kappa shape index (κ2) is 8.26. The van der Waals surface area contributed by atoms with Crippen molar-refractivity contribution in [2.45, 2.75) is 19.9 Å². The minimum absolute atomic E-state index is 0.0875. The van der Waals surface area contributed by atoms with Gasteiger partial charge in [0.15, 0.2) is 0 Å². The summed E-state index contributed by atoms with van der Waals surface area (Å²) in [5.74, 6) is -0.456. The summed E-state index contributed by atoms with van der Waals surface area (Å²) in [6, 6.07) is 7.47. The molecular formula is C15H23N3O3. The number of hydrogen-bond acceptors (Lipinski definition) is 4. The summed E-state index contributed by atoms with van der Waals surface area (Å²) in [4.78, 5) is 24.4. The van der Waals surface area contributed by atoms with Crippen molar-refractivity contribution in [2.24, 2.45) is 0 Å². The minimum Gasteiger partial charge on any atom is -0.468 e. The molecule has 21 heavy (non-hydrogen) atoms. The van der Waals surface area contributed by atoms with Crippen LogP contribution in [0.3, 0.4) is 0 Å². The van der Waals surface area contributed by atoms with E-state index in [0.717, 1.165) is 12.1 Å². The number of hydrogen-bond donors (Lipinski definition) is 2. The molecule has 6 heteroatoms. The Labute approximate surface area is 125 Å². The Bertz CT molecular complexity index is 491. The van der Waals surface area contributed by atoms with Crippen LogP contribution in [0.25, 0.3) is 0 Å². The number of carbonyl (C=O) groups is 2. The third kappa shape index (κ3) is 5.43. The molecule has 0 saturated heterocycles. The van der Waals surface area contributed by atoms with E-state index in [2.05, 4.69) is 22.3 Å². The molecule has 2 N–H and O–H groups in total. The smallest absolute Gasteiger partial charge is 0.325 e. The number of rotatable bonds is 6. The first-order chi connectivity index (χ1) is 9.97. The third-order valence-corrected chi connectivity index (χ3v) is 3.09. The second-order valence-electron chi connectivity index (χ2n) is 4.77. The third-order valence-electron chi connectivity index (χ3n) is 3.09. The highest BCUT2D eigenvalue weighted by atomic mass is 16.5.